The number of carbonyl (C=O) groups excluding carboxylic acids is 1. The first kappa shape index (κ1) is 23.1. The maximum atomic E-state index is 12.0. The molecule has 9 heteroatoms. The Morgan fingerprint density at radius 2 is 2.09 bits per heavy atom. The number of benzene rings is 1. The van der Waals surface area contributed by atoms with Crippen LogP contribution in [0, 0.1) is 30.1 Å². The van der Waals surface area contributed by atoms with E-state index in [1.54, 1.807) is 11.7 Å². The van der Waals surface area contributed by atoms with Gasteiger partial charge < -0.3 is 20.7 Å². The van der Waals surface area contributed by atoms with Crippen LogP contribution in [0.1, 0.15) is 30.2 Å². The van der Waals surface area contributed by atoms with Gasteiger partial charge in [-0.05, 0) is 37.8 Å². The van der Waals surface area contributed by atoms with E-state index in [1.165, 1.54) is 7.11 Å². The molecule has 2 unspecified atom stereocenters. The largest absolute Gasteiger partial charge is 0.469 e. The second kappa shape index (κ2) is 10.2. The smallest absolute Gasteiger partial charge is 0.310 e. The van der Waals surface area contributed by atoms with Gasteiger partial charge in [-0.3, -0.25) is 9.79 Å². The van der Waals surface area contributed by atoms with E-state index >= 15 is 0 Å². The fourth-order valence-electron chi connectivity index (χ4n) is 4.04. The molecule has 0 aliphatic carbocycles. The van der Waals surface area contributed by atoms with Gasteiger partial charge in [0, 0.05) is 26.7 Å². The van der Waals surface area contributed by atoms with E-state index in [0.717, 1.165) is 30.2 Å². The Balaban J connectivity index is 1.59. The molecule has 1 aliphatic heterocycles. The molecule has 1 aromatic carbocycles. The van der Waals surface area contributed by atoms with Crippen molar-refractivity contribution in [2.75, 3.05) is 39.5 Å². The van der Waals surface area contributed by atoms with Gasteiger partial charge in [0.25, 0.3) is 0 Å². The summed E-state index contributed by atoms with van der Waals surface area (Å²) in [5.74, 6) is 0.989. The molecular weight excluding hydrogens is 406 g/mol. The van der Waals surface area contributed by atoms with Crippen molar-refractivity contribution < 1.29 is 9.53 Å². The van der Waals surface area contributed by atoms with E-state index in [9.17, 15) is 10.1 Å². The van der Waals surface area contributed by atoms with E-state index in [-0.39, 0.29) is 17.8 Å². The van der Waals surface area contributed by atoms with Gasteiger partial charge in [0.05, 0.1) is 24.4 Å². The molecular formula is C23H31N7O2. The average Bonchev–Trinajstić information content (AvgIpc) is 3.33. The molecule has 9 nitrogen and oxygen atoms in total. The van der Waals surface area contributed by atoms with Gasteiger partial charge in [0.2, 0.25) is 0 Å². The fraction of sp³-hybridized carbons (Fsp3) is 0.478. The number of hydrogen-bond donors (Lipinski definition) is 2. The molecule has 0 amide bonds. The van der Waals surface area contributed by atoms with Crippen LogP contribution in [0.4, 0.5) is 5.82 Å². The molecule has 0 radical (unpaired) electrons. The number of aryl methyl sites for hydroxylation is 2. The van der Waals surface area contributed by atoms with Crippen LogP contribution >= 0.6 is 0 Å². The fourth-order valence-corrected chi connectivity index (χ4v) is 4.04. The summed E-state index contributed by atoms with van der Waals surface area (Å²) >= 11 is 0. The number of likely N-dealkylation sites (tertiary alicyclic amines) is 1. The predicted molar refractivity (Wildman–Crippen MR) is 123 cm³/mol. The van der Waals surface area contributed by atoms with Crippen molar-refractivity contribution in [3.8, 4) is 11.8 Å². The Labute approximate surface area is 188 Å². The lowest BCUT2D eigenvalue weighted by Crippen LogP contribution is -2.41. The van der Waals surface area contributed by atoms with Crippen LogP contribution in [0.25, 0.3) is 5.69 Å². The second-order valence-electron chi connectivity index (χ2n) is 8.16. The minimum atomic E-state index is -0.179. The summed E-state index contributed by atoms with van der Waals surface area (Å²) in [7, 11) is 3.16. The number of nitrogen functional groups attached to an aromatic ring is 1. The quantitative estimate of drug-likeness (QED) is 0.306. The van der Waals surface area contributed by atoms with Gasteiger partial charge in [-0.25, -0.2) is 4.68 Å². The van der Waals surface area contributed by atoms with Gasteiger partial charge in [-0.2, -0.15) is 10.4 Å². The van der Waals surface area contributed by atoms with Gasteiger partial charge in [0.15, 0.2) is 5.96 Å². The van der Waals surface area contributed by atoms with Crippen molar-refractivity contribution in [2.24, 2.45) is 16.8 Å². The van der Waals surface area contributed by atoms with Crippen molar-refractivity contribution in [1.29, 1.82) is 5.26 Å². The third-order valence-electron chi connectivity index (χ3n) is 5.89. The highest BCUT2D eigenvalue weighted by Crippen LogP contribution is 2.24. The first-order valence-corrected chi connectivity index (χ1v) is 10.8. The first-order chi connectivity index (χ1) is 15.4. The van der Waals surface area contributed by atoms with Crippen molar-refractivity contribution in [3.05, 3.63) is 41.1 Å². The van der Waals surface area contributed by atoms with Crippen LogP contribution in [-0.4, -0.2) is 60.4 Å². The summed E-state index contributed by atoms with van der Waals surface area (Å²) in [6.07, 6.45) is 1.36. The number of hydrogen-bond acceptors (Lipinski definition) is 6. The Morgan fingerprint density at radius 1 is 1.38 bits per heavy atom. The van der Waals surface area contributed by atoms with Crippen molar-refractivity contribution >= 4 is 17.7 Å². The SMILES string of the molecule is CN=C(NCCCc1nn(-c2ccc(C)cc2)c(N)c1C#N)N1CC(C)C(C(=O)OC)C1. The number of nitrogens with zero attached hydrogens (tertiary/aromatic N) is 5. The molecule has 1 aliphatic rings. The zero-order chi connectivity index (χ0) is 23.3. The number of aromatic nitrogens is 2. The summed E-state index contributed by atoms with van der Waals surface area (Å²) in [5, 5.41) is 17.5. The van der Waals surface area contributed by atoms with Crippen molar-refractivity contribution in [2.45, 2.75) is 26.7 Å². The second-order valence-corrected chi connectivity index (χ2v) is 8.16. The number of nitrogens with two attached hydrogens (primary N) is 1. The molecule has 2 heterocycles. The maximum Gasteiger partial charge on any atom is 0.310 e. The monoisotopic (exact) mass is 437 g/mol. The van der Waals surface area contributed by atoms with E-state index in [4.69, 9.17) is 10.5 Å². The Bertz CT molecular complexity index is 1020. The highest BCUT2D eigenvalue weighted by atomic mass is 16.5. The third-order valence-corrected chi connectivity index (χ3v) is 5.89. The van der Waals surface area contributed by atoms with Crippen molar-refractivity contribution in [1.82, 2.24) is 20.0 Å². The van der Waals surface area contributed by atoms with Gasteiger partial charge in [-0.1, -0.05) is 24.6 Å². The minimum Gasteiger partial charge on any atom is -0.469 e. The molecule has 1 aromatic heterocycles. The van der Waals surface area contributed by atoms with Crippen LogP contribution in [-0.2, 0) is 16.0 Å². The number of methoxy groups -OCH3 is 1. The number of rotatable bonds is 6. The molecule has 0 saturated carbocycles. The Hall–Kier alpha value is -3.54. The van der Waals surface area contributed by atoms with Crippen LogP contribution in [0.2, 0.25) is 0 Å². The van der Waals surface area contributed by atoms with E-state index in [2.05, 4.69) is 26.4 Å². The lowest BCUT2D eigenvalue weighted by atomic mass is 9.99. The lowest BCUT2D eigenvalue weighted by molar-refractivity contribution is -0.145. The number of nitrogens with one attached hydrogen (secondary N) is 1. The molecule has 2 aromatic rings. The van der Waals surface area contributed by atoms with Crippen LogP contribution < -0.4 is 11.1 Å². The topological polar surface area (TPSA) is 122 Å². The van der Waals surface area contributed by atoms with E-state index in [0.29, 0.717) is 36.6 Å². The molecule has 32 heavy (non-hydrogen) atoms. The van der Waals surface area contributed by atoms with Crippen LogP contribution in [0.15, 0.2) is 29.3 Å². The Morgan fingerprint density at radius 3 is 2.72 bits per heavy atom. The maximum absolute atomic E-state index is 12.0. The standard InChI is InChI=1S/C23H31N7O2/c1-15-7-9-17(10-8-15)30-21(25)18(12-24)20(28-30)6-5-11-27-23(26-3)29-13-16(2)19(14-29)22(31)32-4/h7-10,16,19H,5-6,11,13-14,25H2,1-4H3,(H,26,27). The predicted octanol–water partition coefficient (Wildman–Crippen LogP) is 1.88. The number of esters is 1. The highest BCUT2D eigenvalue weighted by Gasteiger charge is 2.36. The number of ether oxygens (including phenoxy) is 1. The molecule has 0 spiro atoms. The van der Waals surface area contributed by atoms with Crippen LogP contribution in [0.5, 0.6) is 0 Å². The Kier molecular flexibility index (Phi) is 7.36. The summed E-state index contributed by atoms with van der Waals surface area (Å²) in [4.78, 5) is 18.4. The van der Waals surface area contributed by atoms with Gasteiger partial charge >= 0.3 is 5.97 Å². The molecule has 0 bridgehead atoms. The number of nitriles is 1. The lowest BCUT2D eigenvalue weighted by Gasteiger charge is -2.21. The number of guanidine groups is 1. The molecule has 170 valence electrons. The zero-order valence-electron chi connectivity index (χ0n) is 19.1. The number of carbonyl (C=O) groups is 1. The van der Waals surface area contributed by atoms with Crippen LogP contribution in [0.3, 0.4) is 0 Å². The molecule has 1 saturated heterocycles. The summed E-state index contributed by atoms with van der Waals surface area (Å²) in [6.45, 7) is 6.05. The summed E-state index contributed by atoms with van der Waals surface area (Å²) in [5.41, 5.74) is 9.28. The molecule has 3 rings (SSSR count). The summed E-state index contributed by atoms with van der Waals surface area (Å²) in [6, 6.07) is 10.0. The normalized spacial score (nSPS) is 18.5. The first-order valence-electron chi connectivity index (χ1n) is 10.8. The minimum absolute atomic E-state index is 0.148. The van der Waals surface area contributed by atoms with Gasteiger partial charge in [-0.15, -0.1) is 0 Å². The van der Waals surface area contributed by atoms with Gasteiger partial charge in [0.1, 0.15) is 17.5 Å². The van der Waals surface area contributed by atoms with Crippen molar-refractivity contribution in [3.63, 3.8) is 0 Å². The summed E-state index contributed by atoms with van der Waals surface area (Å²) < 4.78 is 6.54. The number of aliphatic imine (C=N–C) groups is 1. The molecule has 3 N–H and O–H groups in total. The number of anilines is 1. The highest BCUT2D eigenvalue weighted by molar-refractivity contribution is 5.82. The molecule has 1 fully saturated rings. The average molecular weight is 438 g/mol. The molecule has 2 atom stereocenters. The van der Waals surface area contributed by atoms with E-state index < -0.39 is 0 Å². The zero-order valence-corrected chi connectivity index (χ0v) is 19.1. The van der Waals surface area contributed by atoms with E-state index in [1.807, 2.05) is 38.1 Å². The third kappa shape index (κ3) is 4.85.